The minimum atomic E-state index is -0.239. The molecule has 2 aromatic carbocycles. The Kier molecular flexibility index (Phi) is 6.01. The maximum absolute atomic E-state index is 12.9. The first-order valence-corrected chi connectivity index (χ1v) is 8.29. The summed E-state index contributed by atoms with van der Waals surface area (Å²) in [7, 11) is 0. The highest BCUT2D eigenvalue weighted by Crippen LogP contribution is 2.27. The molecule has 2 aromatic rings. The molecule has 116 valence electrons. The second-order valence-corrected chi connectivity index (χ2v) is 6.54. The van der Waals surface area contributed by atoms with Crippen LogP contribution in [0.2, 0.25) is 0 Å². The summed E-state index contributed by atoms with van der Waals surface area (Å²) in [5.74, 6) is 0.170. The van der Waals surface area contributed by atoms with Crippen LogP contribution in [0.3, 0.4) is 0 Å². The minimum Gasteiger partial charge on any atom is -0.351 e. The Labute approximate surface area is 135 Å². The maximum atomic E-state index is 12.9. The van der Waals surface area contributed by atoms with Gasteiger partial charge in [0.1, 0.15) is 5.82 Å². The third-order valence-electron chi connectivity index (χ3n) is 3.54. The fourth-order valence-corrected chi connectivity index (χ4v) is 2.94. The Morgan fingerprint density at radius 2 is 1.86 bits per heavy atom. The van der Waals surface area contributed by atoms with Crippen molar-refractivity contribution in [3.8, 4) is 0 Å². The van der Waals surface area contributed by atoms with Crippen molar-refractivity contribution in [2.45, 2.75) is 25.6 Å². The smallest absolute Gasteiger partial charge is 0.230 e. The van der Waals surface area contributed by atoms with Crippen molar-refractivity contribution in [3.05, 3.63) is 71.0 Å². The van der Waals surface area contributed by atoms with Crippen LogP contribution in [0.25, 0.3) is 0 Å². The average molecular weight is 317 g/mol. The second kappa shape index (κ2) is 7.99. The maximum Gasteiger partial charge on any atom is 0.230 e. The summed E-state index contributed by atoms with van der Waals surface area (Å²) < 4.78 is 12.9. The number of aryl methyl sites for hydroxylation is 1. The molecule has 1 unspecified atom stereocenters. The van der Waals surface area contributed by atoms with Crippen molar-refractivity contribution in [1.82, 2.24) is 5.32 Å². The summed E-state index contributed by atoms with van der Waals surface area (Å²) in [5.41, 5.74) is 3.33. The molecule has 0 spiro atoms. The summed E-state index contributed by atoms with van der Waals surface area (Å²) >= 11 is 1.55. The van der Waals surface area contributed by atoms with Crippen molar-refractivity contribution in [2.24, 2.45) is 0 Å². The van der Waals surface area contributed by atoms with Crippen LogP contribution in [0.1, 0.15) is 28.9 Å². The van der Waals surface area contributed by atoms with Crippen LogP contribution in [0.5, 0.6) is 0 Å². The Morgan fingerprint density at radius 1 is 1.18 bits per heavy atom. The van der Waals surface area contributed by atoms with Crippen LogP contribution in [-0.2, 0) is 11.3 Å². The zero-order valence-corrected chi connectivity index (χ0v) is 13.6. The summed E-state index contributed by atoms with van der Waals surface area (Å²) in [5, 5.41) is 3.09. The van der Waals surface area contributed by atoms with Crippen LogP contribution >= 0.6 is 11.8 Å². The first kappa shape index (κ1) is 16.6. The van der Waals surface area contributed by atoms with Gasteiger partial charge < -0.3 is 5.32 Å². The molecule has 0 bridgehead atoms. The largest absolute Gasteiger partial charge is 0.351 e. The van der Waals surface area contributed by atoms with E-state index in [1.807, 2.05) is 38.1 Å². The Balaban J connectivity index is 1.78. The average Bonchev–Trinajstić information content (AvgIpc) is 2.52. The molecule has 0 aliphatic heterocycles. The predicted octanol–water partition coefficient (Wildman–Crippen LogP) is 4.24. The molecule has 1 N–H and O–H groups in total. The molecule has 22 heavy (non-hydrogen) atoms. The third kappa shape index (κ3) is 4.88. The van der Waals surface area contributed by atoms with E-state index in [4.69, 9.17) is 0 Å². The van der Waals surface area contributed by atoms with Gasteiger partial charge in [-0.05, 0) is 42.7 Å². The Hall–Kier alpha value is -1.81. The lowest BCUT2D eigenvalue weighted by Crippen LogP contribution is -2.25. The van der Waals surface area contributed by atoms with Gasteiger partial charge in [-0.1, -0.05) is 36.4 Å². The highest BCUT2D eigenvalue weighted by atomic mass is 32.2. The number of thioether (sulfide) groups is 1. The van der Waals surface area contributed by atoms with Gasteiger partial charge in [-0.2, -0.15) is 0 Å². The van der Waals surface area contributed by atoms with Gasteiger partial charge in [-0.3, -0.25) is 4.79 Å². The molecule has 1 amide bonds. The molecule has 2 rings (SSSR count). The number of hydrogen-bond acceptors (Lipinski definition) is 2. The fourth-order valence-electron chi connectivity index (χ4n) is 2.08. The second-order valence-electron chi connectivity index (χ2n) is 5.21. The molecule has 0 aromatic heterocycles. The molecule has 0 aliphatic carbocycles. The van der Waals surface area contributed by atoms with E-state index in [1.165, 1.54) is 17.7 Å². The molecule has 4 heteroatoms. The SMILES string of the molecule is Cc1ccccc1CNC(=O)CSC(C)c1ccc(F)cc1. The van der Waals surface area contributed by atoms with E-state index in [0.717, 1.165) is 11.1 Å². The van der Waals surface area contributed by atoms with E-state index >= 15 is 0 Å². The molecule has 1 atom stereocenters. The lowest BCUT2D eigenvalue weighted by atomic mass is 10.1. The van der Waals surface area contributed by atoms with Crippen molar-refractivity contribution < 1.29 is 9.18 Å². The predicted molar refractivity (Wildman–Crippen MR) is 90.3 cm³/mol. The van der Waals surface area contributed by atoms with Gasteiger partial charge in [0.05, 0.1) is 5.75 Å². The van der Waals surface area contributed by atoms with Crippen molar-refractivity contribution >= 4 is 17.7 Å². The first-order valence-electron chi connectivity index (χ1n) is 7.24. The molecule has 2 nitrogen and oxygen atoms in total. The number of carbonyl (C=O) groups is 1. The van der Waals surface area contributed by atoms with Crippen molar-refractivity contribution in [3.63, 3.8) is 0 Å². The normalized spacial score (nSPS) is 12.0. The van der Waals surface area contributed by atoms with E-state index < -0.39 is 0 Å². The summed E-state index contributed by atoms with van der Waals surface area (Å²) in [6.45, 7) is 4.61. The lowest BCUT2D eigenvalue weighted by Gasteiger charge is -2.12. The number of nitrogens with one attached hydrogen (secondary N) is 1. The van der Waals surface area contributed by atoms with Gasteiger partial charge in [0.15, 0.2) is 0 Å². The van der Waals surface area contributed by atoms with Crippen molar-refractivity contribution in [1.29, 1.82) is 0 Å². The number of hydrogen-bond donors (Lipinski definition) is 1. The van der Waals surface area contributed by atoms with E-state index in [2.05, 4.69) is 5.32 Å². The van der Waals surface area contributed by atoms with E-state index in [0.29, 0.717) is 12.3 Å². The number of rotatable bonds is 6. The van der Waals surface area contributed by atoms with E-state index in [1.54, 1.807) is 23.9 Å². The van der Waals surface area contributed by atoms with Crippen molar-refractivity contribution in [2.75, 3.05) is 5.75 Å². The highest BCUT2D eigenvalue weighted by molar-refractivity contribution is 8.00. The van der Waals surface area contributed by atoms with Crippen LogP contribution < -0.4 is 5.32 Å². The Bertz CT molecular complexity index is 627. The summed E-state index contributed by atoms with van der Waals surface area (Å²) in [4.78, 5) is 11.9. The molecule has 0 heterocycles. The Morgan fingerprint density at radius 3 is 2.55 bits per heavy atom. The molecule has 0 fully saturated rings. The fraction of sp³-hybridized carbons (Fsp3) is 0.278. The molecule has 0 radical (unpaired) electrons. The number of amides is 1. The lowest BCUT2D eigenvalue weighted by molar-refractivity contribution is -0.118. The molecule has 0 saturated heterocycles. The van der Waals surface area contributed by atoms with Crippen LogP contribution in [-0.4, -0.2) is 11.7 Å². The standard InChI is InChI=1S/C18H20FNOS/c1-13-5-3-4-6-16(13)11-20-18(21)12-22-14(2)15-7-9-17(19)10-8-15/h3-10,14H,11-12H2,1-2H3,(H,20,21). The first-order chi connectivity index (χ1) is 10.6. The van der Waals surface area contributed by atoms with Gasteiger partial charge >= 0.3 is 0 Å². The quantitative estimate of drug-likeness (QED) is 0.863. The van der Waals surface area contributed by atoms with Gasteiger partial charge in [0, 0.05) is 11.8 Å². The van der Waals surface area contributed by atoms with Gasteiger partial charge in [-0.15, -0.1) is 11.8 Å². The summed E-state index contributed by atoms with van der Waals surface area (Å²) in [6, 6.07) is 14.4. The molecular formula is C18H20FNOS. The minimum absolute atomic E-state index is 0.0159. The summed E-state index contributed by atoms with van der Waals surface area (Å²) in [6.07, 6.45) is 0. The van der Waals surface area contributed by atoms with Gasteiger partial charge in [0.2, 0.25) is 5.91 Å². The highest BCUT2D eigenvalue weighted by Gasteiger charge is 2.09. The molecule has 0 aliphatic rings. The van der Waals surface area contributed by atoms with Crippen LogP contribution in [0.15, 0.2) is 48.5 Å². The van der Waals surface area contributed by atoms with E-state index in [9.17, 15) is 9.18 Å². The zero-order chi connectivity index (χ0) is 15.9. The van der Waals surface area contributed by atoms with Gasteiger partial charge in [-0.25, -0.2) is 4.39 Å². The molecular weight excluding hydrogens is 297 g/mol. The van der Waals surface area contributed by atoms with Crippen LogP contribution in [0, 0.1) is 12.7 Å². The van der Waals surface area contributed by atoms with Gasteiger partial charge in [0.25, 0.3) is 0 Å². The van der Waals surface area contributed by atoms with E-state index in [-0.39, 0.29) is 17.0 Å². The third-order valence-corrected chi connectivity index (χ3v) is 4.74. The number of halogens is 1. The molecule has 0 saturated carbocycles. The van der Waals surface area contributed by atoms with Crippen LogP contribution in [0.4, 0.5) is 4.39 Å². The zero-order valence-electron chi connectivity index (χ0n) is 12.8. The topological polar surface area (TPSA) is 29.1 Å². The number of carbonyl (C=O) groups excluding carboxylic acids is 1. The number of benzene rings is 2. The monoisotopic (exact) mass is 317 g/mol.